The Kier molecular flexibility index (Phi) is 4.76. The molecule has 124 valence electrons. The second-order valence-corrected chi connectivity index (χ2v) is 8.13. The van der Waals surface area contributed by atoms with Gasteiger partial charge in [0.1, 0.15) is 0 Å². The molecule has 2 fully saturated rings. The molecule has 2 saturated carbocycles. The van der Waals surface area contributed by atoms with E-state index in [9.17, 15) is 0 Å². The summed E-state index contributed by atoms with van der Waals surface area (Å²) in [6.45, 7) is 1.73. The van der Waals surface area contributed by atoms with Crippen LogP contribution in [0.4, 0.5) is 0 Å². The van der Waals surface area contributed by atoms with Crippen molar-refractivity contribution in [1.29, 1.82) is 0 Å². The number of nitrogens with zero attached hydrogens (tertiary/aromatic N) is 2. The van der Waals surface area contributed by atoms with Gasteiger partial charge in [-0.15, -0.1) is 21.5 Å². The van der Waals surface area contributed by atoms with Gasteiger partial charge in [-0.05, 0) is 61.4 Å². The minimum Gasteiger partial charge on any atom is -0.419 e. The van der Waals surface area contributed by atoms with Crippen LogP contribution < -0.4 is 5.32 Å². The molecule has 4 rings (SSSR count). The highest BCUT2D eigenvalue weighted by Crippen LogP contribution is 2.43. The molecule has 23 heavy (non-hydrogen) atoms. The summed E-state index contributed by atoms with van der Waals surface area (Å²) in [5.74, 6) is 4.30. The normalized spacial score (nSPS) is 27.2. The Hall–Kier alpha value is -1.20. The first-order valence-electron chi connectivity index (χ1n) is 8.94. The maximum absolute atomic E-state index is 5.71. The standard InChI is InChI=1S/C18H25N3OS/c1-3-13-9-14(4-1)11-15(10-13)6-7-19-12-17-20-21-18(22-17)16-5-2-8-23-16/h2,5,8,13-15,19H,1,3-4,6-7,9-12H2. The fraction of sp³-hybridized carbons (Fsp3) is 0.667. The summed E-state index contributed by atoms with van der Waals surface area (Å²) in [5, 5.41) is 13.8. The molecule has 2 aliphatic carbocycles. The first-order chi connectivity index (χ1) is 11.4. The minimum absolute atomic E-state index is 0.636. The van der Waals surface area contributed by atoms with E-state index in [2.05, 4.69) is 15.5 Å². The lowest BCUT2D eigenvalue weighted by Crippen LogP contribution is -2.28. The highest BCUT2D eigenvalue weighted by molar-refractivity contribution is 7.13. The first kappa shape index (κ1) is 15.3. The predicted molar refractivity (Wildman–Crippen MR) is 92.1 cm³/mol. The van der Waals surface area contributed by atoms with E-state index in [0.717, 1.165) is 29.2 Å². The summed E-state index contributed by atoms with van der Waals surface area (Å²) < 4.78 is 5.71. The third kappa shape index (κ3) is 3.83. The summed E-state index contributed by atoms with van der Waals surface area (Å²) in [5.41, 5.74) is 0. The molecule has 2 bridgehead atoms. The fourth-order valence-electron chi connectivity index (χ4n) is 4.43. The second kappa shape index (κ2) is 7.14. The number of aromatic nitrogens is 2. The van der Waals surface area contributed by atoms with Crippen molar-refractivity contribution in [1.82, 2.24) is 15.5 Å². The van der Waals surface area contributed by atoms with Crippen molar-refractivity contribution in [2.24, 2.45) is 17.8 Å². The Balaban J connectivity index is 1.20. The van der Waals surface area contributed by atoms with Crippen molar-refractivity contribution < 1.29 is 4.42 Å². The molecule has 2 atom stereocenters. The van der Waals surface area contributed by atoms with Crippen molar-refractivity contribution in [3.8, 4) is 10.8 Å². The Morgan fingerprint density at radius 2 is 2.04 bits per heavy atom. The van der Waals surface area contributed by atoms with Gasteiger partial charge < -0.3 is 9.73 Å². The van der Waals surface area contributed by atoms with E-state index in [-0.39, 0.29) is 0 Å². The van der Waals surface area contributed by atoms with Crippen LogP contribution in [0.15, 0.2) is 21.9 Å². The van der Waals surface area contributed by atoms with Crippen molar-refractivity contribution in [3.05, 3.63) is 23.4 Å². The molecule has 0 spiro atoms. The Bertz CT molecular complexity index is 598. The highest BCUT2D eigenvalue weighted by Gasteiger charge is 2.31. The number of thiophene rings is 1. The van der Waals surface area contributed by atoms with Crippen LogP contribution in [0.2, 0.25) is 0 Å². The topological polar surface area (TPSA) is 51.0 Å². The van der Waals surface area contributed by atoms with Crippen LogP contribution >= 0.6 is 11.3 Å². The Morgan fingerprint density at radius 1 is 1.17 bits per heavy atom. The molecule has 2 unspecified atom stereocenters. The quantitative estimate of drug-likeness (QED) is 0.792. The molecule has 2 heterocycles. The van der Waals surface area contributed by atoms with Gasteiger partial charge in [0.2, 0.25) is 5.89 Å². The number of hydrogen-bond donors (Lipinski definition) is 1. The average Bonchev–Trinajstić information content (AvgIpc) is 3.22. The molecular weight excluding hydrogens is 306 g/mol. The molecular formula is C18H25N3OS. The smallest absolute Gasteiger partial charge is 0.257 e. The Morgan fingerprint density at radius 3 is 2.83 bits per heavy atom. The van der Waals surface area contributed by atoms with E-state index in [4.69, 9.17) is 4.42 Å². The van der Waals surface area contributed by atoms with Crippen molar-refractivity contribution in [2.45, 2.75) is 51.5 Å². The van der Waals surface area contributed by atoms with Gasteiger partial charge >= 0.3 is 0 Å². The van der Waals surface area contributed by atoms with E-state index in [1.807, 2.05) is 17.5 Å². The molecule has 2 aliphatic rings. The lowest BCUT2D eigenvalue weighted by atomic mass is 9.67. The van der Waals surface area contributed by atoms with Gasteiger partial charge in [0.15, 0.2) is 0 Å². The maximum Gasteiger partial charge on any atom is 0.257 e. The highest BCUT2D eigenvalue weighted by atomic mass is 32.1. The van der Waals surface area contributed by atoms with Gasteiger partial charge in [-0.1, -0.05) is 25.3 Å². The third-order valence-corrected chi connectivity index (χ3v) is 6.29. The van der Waals surface area contributed by atoms with Crippen LogP contribution in [0.3, 0.4) is 0 Å². The van der Waals surface area contributed by atoms with Crippen LogP contribution in [-0.4, -0.2) is 16.7 Å². The Labute approximate surface area is 141 Å². The van der Waals surface area contributed by atoms with Crippen LogP contribution in [0.5, 0.6) is 0 Å². The lowest BCUT2D eigenvalue weighted by molar-refractivity contribution is 0.132. The van der Waals surface area contributed by atoms with Gasteiger partial charge in [-0.2, -0.15) is 0 Å². The molecule has 0 aromatic carbocycles. The summed E-state index contributed by atoms with van der Waals surface area (Å²) in [6.07, 6.45) is 10.2. The van der Waals surface area contributed by atoms with Crippen molar-refractivity contribution in [2.75, 3.05) is 6.54 Å². The van der Waals surface area contributed by atoms with Gasteiger partial charge in [-0.25, -0.2) is 0 Å². The number of rotatable bonds is 6. The van der Waals surface area contributed by atoms with E-state index < -0.39 is 0 Å². The summed E-state index contributed by atoms with van der Waals surface area (Å²) in [4.78, 5) is 1.04. The predicted octanol–water partition coefficient (Wildman–Crippen LogP) is 4.49. The first-order valence-corrected chi connectivity index (χ1v) is 9.82. The molecule has 0 radical (unpaired) electrons. The molecule has 0 amide bonds. The van der Waals surface area contributed by atoms with E-state index in [1.165, 1.54) is 44.9 Å². The molecule has 0 saturated heterocycles. The molecule has 2 aromatic heterocycles. The van der Waals surface area contributed by atoms with Gasteiger partial charge in [0.25, 0.3) is 5.89 Å². The largest absolute Gasteiger partial charge is 0.419 e. The van der Waals surface area contributed by atoms with Crippen LogP contribution in [0, 0.1) is 17.8 Å². The summed E-state index contributed by atoms with van der Waals surface area (Å²) >= 11 is 1.63. The van der Waals surface area contributed by atoms with Crippen molar-refractivity contribution in [3.63, 3.8) is 0 Å². The molecule has 0 aliphatic heterocycles. The summed E-state index contributed by atoms with van der Waals surface area (Å²) in [6, 6.07) is 4.01. The van der Waals surface area contributed by atoms with Crippen molar-refractivity contribution >= 4 is 11.3 Å². The fourth-order valence-corrected chi connectivity index (χ4v) is 5.08. The molecule has 5 heteroatoms. The zero-order chi connectivity index (χ0) is 15.5. The maximum atomic E-state index is 5.71. The minimum atomic E-state index is 0.636. The zero-order valence-electron chi connectivity index (χ0n) is 13.5. The van der Waals surface area contributed by atoms with E-state index >= 15 is 0 Å². The van der Waals surface area contributed by atoms with E-state index in [1.54, 1.807) is 11.3 Å². The zero-order valence-corrected chi connectivity index (χ0v) is 14.4. The average molecular weight is 331 g/mol. The SMILES string of the molecule is c1csc(-c2nnc(CNCCC3CC4CCCC(C4)C3)o2)c1. The second-order valence-electron chi connectivity index (χ2n) is 7.18. The van der Waals surface area contributed by atoms with Crippen LogP contribution in [-0.2, 0) is 6.54 Å². The molecule has 4 nitrogen and oxygen atoms in total. The number of nitrogens with one attached hydrogen (secondary N) is 1. The van der Waals surface area contributed by atoms with Gasteiger partial charge in [-0.3, -0.25) is 0 Å². The summed E-state index contributed by atoms with van der Waals surface area (Å²) in [7, 11) is 0. The van der Waals surface area contributed by atoms with Crippen LogP contribution in [0.1, 0.15) is 50.8 Å². The lowest BCUT2D eigenvalue weighted by Gasteiger charge is -2.39. The number of fused-ring (bicyclic) bond motifs is 2. The third-order valence-electron chi connectivity index (χ3n) is 5.43. The monoisotopic (exact) mass is 331 g/mol. The number of hydrogen-bond acceptors (Lipinski definition) is 5. The van der Waals surface area contributed by atoms with Crippen LogP contribution in [0.25, 0.3) is 10.8 Å². The molecule has 2 aromatic rings. The van der Waals surface area contributed by atoms with E-state index in [0.29, 0.717) is 18.3 Å². The van der Waals surface area contributed by atoms with Gasteiger partial charge in [0.05, 0.1) is 11.4 Å². The van der Waals surface area contributed by atoms with Gasteiger partial charge in [0, 0.05) is 0 Å². The molecule has 1 N–H and O–H groups in total.